The number of nitrogens with zero attached hydrogens (tertiary/aromatic N) is 3. The molecule has 1 aromatic carbocycles. The summed E-state index contributed by atoms with van der Waals surface area (Å²) >= 11 is 3.49. The number of aryl methyl sites for hydroxylation is 1. The first-order valence-corrected chi connectivity index (χ1v) is 7.13. The minimum atomic E-state index is 0.0416. The number of rotatable bonds is 5. The summed E-state index contributed by atoms with van der Waals surface area (Å²) in [7, 11) is 3.70. The van der Waals surface area contributed by atoms with Gasteiger partial charge in [-0.05, 0) is 39.1 Å². The Balaban J connectivity index is 2.15. The van der Waals surface area contributed by atoms with Crippen molar-refractivity contribution in [1.29, 1.82) is 0 Å². The molecule has 20 heavy (non-hydrogen) atoms. The van der Waals surface area contributed by atoms with Crippen LogP contribution < -0.4 is 4.74 Å². The van der Waals surface area contributed by atoms with Crippen LogP contribution in [0.4, 0.5) is 0 Å². The molecule has 2 aromatic rings. The lowest BCUT2D eigenvalue weighted by Gasteiger charge is -2.22. The van der Waals surface area contributed by atoms with Gasteiger partial charge in [0, 0.05) is 16.6 Å². The van der Waals surface area contributed by atoms with Gasteiger partial charge in [-0.25, -0.2) is 0 Å². The Hall–Kier alpha value is -1.40. The number of halogens is 1. The van der Waals surface area contributed by atoms with Crippen molar-refractivity contribution >= 4 is 15.9 Å². The SMILES string of the molecule is COc1ccc(Br)cc1CN(C)[C@@H](C)c1nc(C)no1. The van der Waals surface area contributed by atoms with Gasteiger partial charge in [0.25, 0.3) is 0 Å². The van der Waals surface area contributed by atoms with E-state index >= 15 is 0 Å². The fourth-order valence-corrected chi connectivity index (χ4v) is 2.36. The molecule has 0 radical (unpaired) electrons. The van der Waals surface area contributed by atoms with E-state index < -0.39 is 0 Å². The van der Waals surface area contributed by atoms with E-state index in [-0.39, 0.29) is 6.04 Å². The Morgan fingerprint density at radius 3 is 2.80 bits per heavy atom. The first-order chi connectivity index (χ1) is 9.51. The Labute approximate surface area is 127 Å². The van der Waals surface area contributed by atoms with E-state index in [9.17, 15) is 0 Å². The molecule has 0 amide bonds. The number of methoxy groups -OCH3 is 1. The molecule has 0 aliphatic rings. The predicted molar refractivity (Wildman–Crippen MR) is 79.6 cm³/mol. The standard InChI is InChI=1S/C14H18BrN3O2/c1-9(14-16-10(2)17-20-14)18(3)8-11-7-12(15)5-6-13(11)19-4/h5-7,9H,8H2,1-4H3/t9-/m0/s1. The molecule has 0 N–H and O–H groups in total. The smallest absolute Gasteiger partial charge is 0.243 e. The van der Waals surface area contributed by atoms with Crippen LogP contribution in [0.2, 0.25) is 0 Å². The molecular formula is C14H18BrN3O2. The van der Waals surface area contributed by atoms with Crippen molar-refractivity contribution in [2.24, 2.45) is 0 Å². The molecule has 0 aliphatic carbocycles. The highest BCUT2D eigenvalue weighted by molar-refractivity contribution is 9.10. The highest BCUT2D eigenvalue weighted by Gasteiger charge is 2.19. The topological polar surface area (TPSA) is 51.4 Å². The van der Waals surface area contributed by atoms with Crippen molar-refractivity contribution in [3.63, 3.8) is 0 Å². The molecule has 108 valence electrons. The van der Waals surface area contributed by atoms with Crippen LogP contribution in [-0.4, -0.2) is 29.2 Å². The van der Waals surface area contributed by atoms with Crippen molar-refractivity contribution in [3.05, 3.63) is 40.0 Å². The fourth-order valence-electron chi connectivity index (χ4n) is 1.95. The highest BCUT2D eigenvalue weighted by atomic mass is 79.9. The average Bonchev–Trinajstić information content (AvgIpc) is 2.84. The van der Waals surface area contributed by atoms with Crippen molar-refractivity contribution < 1.29 is 9.26 Å². The van der Waals surface area contributed by atoms with Gasteiger partial charge in [-0.3, -0.25) is 4.90 Å². The van der Waals surface area contributed by atoms with Crippen LogP contribution in [0.5, 0.6) is 5.75 Å². The molecule has 0 fully saturated rings. The summed E-state index contributed by atoms with van der Waals surface area (Å²) in [4.78, 5) is 6.41. The van der Waals surface area contributed by atoms with Crippen LogP contribution in [0.1, 0.15) is 30.2 Å². The van der Waals surface area contributed by atoms with Gasteiger partial charge in [-0.15, -0.1) is 0 Å². The Bertz CT molecular complexity index is 586. The van der Waals surface area contributed by atoms with E-state index in [1.807, 2.05) is 33.0 Å². The summed E-state index contributed by atoms with van der Waals surface area (Å²) in [5.74, 6) is 2.15. The third kappa shape index (κ3) is 3.37. The zero-order valence-corrected chi connectivity index (χ0v) is 13.6. The molecule has 1 atom stereocenters. The van der Waals surface area contributed by atoms with Gasteiger partial charge in [-0.2, -0.15) is 4.98 Å². The van der Waals surface area contributed by atoms with Gasteiger partial charge < -0.3 is 9.26 Å². The van der Waals surface area contributed by atoms with E-state index in [2.05, 4.69) is 37.0 Å². The van der Waals surface area contributed by atoms with Crippen LogP contribution in [0.3, 0.4) is 0 Å². The molecule has 2 rings (SSSR count). The van der Waals surface area contributed by atoms with Crippen LogP contribution >= 0.6 is 15.9 Å². The Kier molecular flexibility index (Phi) is 4.77. The van der Waals surface area contributed by atoms with Gasteiger partial charge in [0.05, 0.1) is 13.2 Å². The monoisotopic (exact) mass is 339 g/mol. The van der Waals surface area contributed by atoms with Crippen molar-refractivity contribution in [2.45, 2.75) is 26.4 Å². The van der Waals surface area contributed by atoms with Gasteiger partial charge in [-0.1, -0.05) is 21.1 Å². The second-order valence-corrected chi connectivity index (χ2v) is 5.64. The normalized spacial score (nSPS) is 12.7. The second kappa shape index (κ2) is 6.37. The quantitative estimate of drug-likeness (QED) is 0.836. The minimum absolute atomic E-state index is 0.0416. The van der Waals surface area contributed by atoms with Crippen LogP contribution in [0, 0.1) is 6.92 Å². The van der Waals surface area contributed by atoms with E-state index in [0.717, 1.165) is 22.3 Å². The lowest BCUT2D eigenvalue weighted by Crippen LogP contribution is -2.22. The predicted octanol–water partition coefficient (Wildman–Crippen LogP) is 3.34. The number of aromatic nitrogens is 2. The second-order valence-electron chi connectivity index (χ2n) is 4.73. The molecule has 0 aliphatic heterocycles. The van der Waals surface area contributed by atoms with Crippen LogP contribution in [-0.2, 0) is 6.54 Å². The van der Waals surface area contributed by atoms with E-state index in [4.69, 9.17) is 9.26 Å². The summed E-state index contributed by atoms with van der Waals surface area (Å²) in [6.07, 6.45) is 0. The molecule has 0 spiro atoms. The molecule has 0 unspecified atom stereocenters. The summed E-state index contributed by atoms with van der Waals surface area (Å²) in [6.45, 7) is 4.58. The third-order valence-corrected chi connectivity index (χ3v) is 3.72. The first kappa shape index (κ1) is 15.0. The lowest BCUT2D eigenvalue weighted by molar-refractivity contribution is 0.200. The zero-order valence-electron chi connectivity index (χ0n) is 12.1. The summed E-state index contributed by atoms with van der Waals surface area (Å²) in [6, 6.07) is 6.02. The van der Waals surface area contributed by atoms with Gasteiger partial charge in [0.1, 0.15) is 5.75 Å². The molecule has 0 saturated heterocycles. The maximum Gasteiger partial charge on any atom is 0.243 e. The van der Waals surface area contributed by atoms with Crippen LogP contribution in [0.25, 0.3) is 0 Å². The Morgan fingerprint density at radius 2 is 2.20 bits per heavy atom. The molecule has 1 heterocycles. The van der Waals surface area contributed by atoms with E-state index in [1.54, 1.807) is 7.11 Å². The van der Waals surface area contributed by atoms with Crippen molar-refractivity contribution in [3.8, 4) is 5.75 Å². The van der Waals surface area contributed by atoms with Gasteiger partial charge in [0.15, 0.2) is 5.82 Å². The van der Waals surface area contributed by atoms with Gasteiger partial charge >= 0.3 is 0 Å². The third-order valence-electron chi connectivity index (χ3n) is 3.22. The highest BCUT2D eigenvalue weighted by Crippen LogP contribution is 2.26. The summed E-state index contributed by atoms with van der Waals surface area (Å²) < 4.78 is 11.6. The van der Waals surface area contributed by atoms with Crippen molar-refractivity contribution in [1.82, 2.24) is 15.0 Å². The summed E-state index contributed by atoms with van der Waals surface area (Å²) in [5, 5.41) is 3.83. The first-order valence-electron chi connectivity index (χ1n) is 6.34. The molecule has 6 heteroatoms. The minimum Gasteiger partial charge on any atom is -0.496 e. The molecule has 0 saturated carbocycles. The van der Waals surface area contributed by atoms with E-state index in [1.165, 1.54) is 0 Å². The summed E-state index contributed by atoms with van der Waals surface area (Å²) in [5.41, 5.74) is 1.10. The number of hydrogen-bond donors (Lipinski definition) is 0. The lowest BCUT2D eigenvalue weighted by atomic mass is 10.1. The number of ether oxygens (including phenoxy) is 1. The maximum absolute atomic E-state index is 5.39. The molecule has 0 bridgehead atoms. The molecular weight excluding hydrogens is 322 g/mol. The van der Waals surface area contributed by atoms with Gasteiger partial charge in [0.2, 0.25) is 5.89 Å². The molecule has 1 aromatic heterocycles. The largest absolute Gasteiger partial charge is 0.496 e. The van der Waals surface area contributed by atoms with E-state index in [0.29, 0.717) is 11.7 Å². The molecule has 5 nitrogen and oxygen atoms in total. The average molecular weight is 340 g/mol. The number of hydrogen-bond acceptors (Lipinski definition) is 5. The zero-order chi connectivity index (χ0) is 14.7. The fraction of sp³-hybridized carbons (Fsp3) is 0.429. The van der Waals surface area contributed by atoms with Crippen LogP contribution in [0.15, 0.2) is 27.2 Å². The Morgan fingerprint density at radius 1 is 1.45 bits per heavy atom. The number of benzene rings is 1. The maximum atomic E-state index is 5.39. The van der Waals surface area contributed by atoms with Crippen molar-refractivity contribution in [2.75, 3.05) is 14.2 Å².